The van der Waals surface area contributed by atoms with Gasteiger partial charge >= 0.3 is 11.9 Å². The van der Waals surface area contributed by atoms with Crippen molar-refractivity contribution in [3.05, 3.63) is 143 Å². The number of hydrogen-bond acceptors (Lipinski definition) is 12. The predicted molar refractivity (Wildman–Crippen MR) is 254 cm³/mol. The number of carbonyl (C=O) groups excluding carboxylic acids is 2. The maximum atomic E-state index is 11.8. The maximum Gasteiger partial charge on any atom is 0.320 e. The molecule has 0 saturated carbocycles. The third-order valence-corrected chi connectivity index (χ3v) is 17.3. The Bertz CT molecular complexity index is 2190. The lowest BCUT2D eigenvalue weighted by Gasteiger charge is -2.27. The number of ether oxygens (including phenoxy) is 3. The van der Waals surface area contributed by atoms with Crippen LogP contribution in [0.5, 0.6) is 0 Å². The molecule has 330 valence electrons. The first-order valence-electron chi connectivity index (χ1n) is 19.0. The summed E-state index contributed by atoms with van der Waals surface area (Å²) in [6.07, 6.45) is 6.09. The number of hydrogen-bond donors (Lipinski definition) is 0. The Morgan fingerprint density at radius 2 is 1.61 bits per heavy atom. The van der Waals surface area contributed by atoms with E-state index in [0.717, 1.165) is 47.2 Å². The Balaban J connectivity index is 0.000000206. The highest BCUT2D eigenvalue weighted by Gasteiger charge is 2.32. The number of esters is 2. The topological polar surface area (TPSA) is 101 Å². The lowest BCUT2D eigenvalue weighted by atomic mass is 10.1. The number of rotatable bonds is 17. The largest absolute Gasteiger partial charge is 0.466 e. The van der Waals surface area contributed by atoms with Crippen molar-refractivity contribution in [2.24, 2.45) is 0 Å². The number of halogens is 5. The minimum Gasteiger partial charge on any atom is -0.466 e. The molecule has 10 nitrogen and oxygen atoms in total. The molecule has 0 aliphatic carbocycles. The van der Waals surface area contributed by atoms with Crippen molar-refractivity contribution in [1.82, 2.24) is 14.5 Å². The average Bonchev–Trinajstić information content (AvgIpc) is 3.94. The molecule has 61 heavy (non-hydrogen) atoms. The van der Waals surface area contributed by atoms with Gasteiger partial charge in [-0.2, -0.15) is 0 Å². The summed E-state index contributed by atoms with van der Waals surface area (Å²) in [6.45, 7) is 7.90. The van der Waals surface area contributed by atoms with E-state index in [2.05, 4.69) is 33.5 Å². The quantitative estimate of drug-likeness (QED) is 0.0657. The Morgan fingerprint density at radius 3 is 2.25 bits per heavy atom. The summed E-state index contributed by atoms with van der Waals surface area (Å²) in [4.78, 5) is 31.4. The molecule has 0 amide bonds. The number of imidazole rings is 1. The molecule has 0 N–H and O–H groups in total. The van der Waals surface area contributed by atoms with Gasteiger partial charge in [0.25, 0.3) is 0 Å². The molecule has 0 spiro atoms. The SMILES string of the molecule is CCOC(=O)CC(SP(=S)(OC)OC)C(=O)OCC.Clc1ccc(COC(Cn2ccnc2)c2ccc(Cl)cc2Cl)c(Cl)c1.Clc1ccccc1CN1CCc2sccc2C1. The molecule has 0 saturated heterocycles. The second kappa shape index (κ2) is 26.6. The highest BCUT2D eigenvalue weighted by molar-refractivity contribution is 8.68. The number of thiophene rings is 1. The maximum absolute atomic E-state index is 11.8. The fraction of sp³-hybridized carbons (Fsp3) is 0.357. The zero-order chi connectivity index (χ0) is 44.4. The fourth-order valence-electron chi connectivity index (χ4n) is 5.81. The van der Waals surface area contributed by atoms with Gasteiger partial charge in [0.2, 0.25) is 5.69 Å². The first kappa shape index (κ1) is 51.4. The van der Waals surface area contributed by atoms with E-state index >= 15 is 0 Å². The van der Waals surface area contributed by atoms with Crippen LogP contribution in [0.2, 0.25) is 25.1 Å². The fourth-order valence-corrected chi connectivity index (χ4v) is 11.8. The van der Waals surface area contributed by atoms with Crippen molar-refractivity contribution in [3.63, 3.8) is 0 Å². The molecule has 0 bridgehead atoms. The molecule has 19 heteroatoms. The van der Waals surface area contributed by atoms with Gasteiger partial charge in [0.15, 0.2) is 0 Å². The average molecular weight is 1010 g/mol. The van der Waals surface area contributed by atoms with Gasteiger partial charge in [-0.25, -0.2) is 4.98 Å². The molecule has 3 aromatic carbocycles. The number of aromatic nitrogens is 2. The molecule has 5 aromatic rings. The second-order valence-electron chi connectivity index (χ2n) is 13.0. The predicted octanol–water partition coefficient (Wildman–Crippen LogP) is 12.5. The zero-order valence-electron chi connectivity index (χ0n) is 33.9. The van der Waals surface area contributed by atoms with Crippen LogP contribution in [-0.2, 0) is 77.3 Å². The van der Waals surface area contributed by atoms with Gasteiger partial charge in [-0.1, -0.05) is 99.7 Å². The Labute approximate surface area is 395 Å². The first-order valence-corrected chi connectivity index (χ1v) is 25.9. The Kier molecular flexibility index (Phi) is 22.4. The summed E-state index contributed by atoms with van der Waals surface area (Å²) in [6, 6.07) is 21.1. The standard InChI is InChI=1S/C18H14Cl4N2O.C14H14ClNS.C10H19O6PS2/c19-13-2-1-12(16(21)7-13)10-25-18(9-24-6-5-23-11-24)15-4-3-14(20)8-17(15)22;15-13-4-2-1-3-11(13)9-16-7-5-14-12(10-16)6-8-17-14;1-5-15-9(11)7-8(10(12)16-6-2)19-17(18,13-3)14-4/h1-8,11,18H,9-10H2;1-4,6,8H,5,7,9-10H2;8H,5-7H2,1-4H3. The van der Waals surface area contributed by atoms with E-state index in [-0.39, 0.29) is 25.7 Å². The molecule has 2 unspecified atom stereocenters. The van der Waals surface area contributed by atoms with Crippen molar-refractivity contribution >= 4 is 110 Å². The van der Waals surface area contributed by atoms with Crippen LogP contribution in [0.3, 0.4) is 0 Å². The number of fused-ring (bicyclic) bond motifs is 1. The van der Waals surface area contributed by atoms with Crippen LogP contribution < -0.4 is 0 Å². The van der Waals surface area contributed by atoms with Gasteiger partial charge in [0.1, 0.15) is 11.4 Å². The van der Waals surface area contributed by atoms with Crippen molar-refractivity contribution in [1.29, 1.82) is 0 Å². The molecule has 1 aliphatic rings. The summed E-state index contributed by atoms with van der Waals surface area (Å²) in [5.41, 5.74) is 1.78. The Hall–Kier alpha value is -2.20. The van der Waals surface area contributed by atoms with Gasteiger partial charge < -0.3 is 27.8 Å². The third kappa shape index (κ3) is 17.0. The molecule has 1 aliphatic heterocycles. The smallest absolute Gasteiger partial charge is 0.320 e. The third-order valence-electron chi connectivity index (χ3n) is 8.85. The summed E-state index contributed by atoms with van der Waals surface area (Å²) in [7, 11) is 2.81. The summed E-state index contributed by atoms with van der Waals surface area (Å²) < 4.78 is 28.0. The highest BCUT2D eigenvalue weighted by atomic mass is 35.5. The van der Waals surface area contributed by atoms with Crippen LogP contribution in [0.15, 0.2) is 90.8 Å². The molecular weight excluding hydrogens is 963 g/mol. The van der Waals surface area contributed by atoms with Crippen LogP contribution in [0, 0.1) is 0 Å². The van der Waals surface area contributed by atoms with Crippen LogP contribution in [-0.4, -0.2) is 65.6 Å². The van der Waals surface area contributed by atoms with E-state index in [1.807, 2.05) is 46.4 Å². The number of nitrogens with zero attached hydrogens (tertiary/aromatic N) is 3. The highest BCUT2D eigenvalue weighted by Crippen LogP contribution is 2.62. The van der Waals surface area contributed by atoms with Crippen LogP contribution in [0.1, 0.15) is 53.5 Å². The lowest BCUT2D eigenvalue weighted by molar-refractivity contribution is -0.149. The number of carbonyl (C=O) groups is 2. The van der Waals surface area contributed by atoms with Crippen LogP contribution in [0.25, 0.3) is 0 Å². The van der Waals surface area contributed by atoms with E-state index in [4.69, 9.17) is 93.1 Å². The monoisotopic (exact) mass is 1010 g/mol. The van der Waals surface area contributed by atoms with E-state index < -0.39 is 22.9 Å². The normalized spacial score (nSPS) is 13.5. The van der Waals surface area contributed by atoms with E-state index in [1.165, 1.54) is 31.8 Å². The van der Waals surface area contributed by atoms with E-state index in [1.54, 1.807) is 55.5 Å². The minimum absolute atomic E-state index is 0.123. The molecule has 2 atom stereocenters. The number of benzene rings is 3. The van der Waals surface area contributed by atoms with Gasteiger partial charge in [-0.15, -0.1) is 11.3 Å². The van der Waals surface area contributed by atoms with Crippen molar-refractivity contribution in [3.8, 4) is 0 Å². The molecule has 0 fully saturated rings. The minimum atomic E-state index is -2.65. The van der Waals surface area contributed by atoms with Crippen molar-refractivity contribution in [2.45, 2.75) is 64.3 Å². The van der Waals surface area contributed by atoms with Crippen molar-refractivity contribution in [2.75, 3.05) is 34.0 Å². The van der Waals surface area contributed by atoms with Crippen molar-refractivity contribution < 1.29 is 32.8 Å². The second-order valence-corrected chi connectivity index (χ2v) is 22.8. The Morgan fingerprint density at radius 1 is 0.902 bits per heavy atom. The summed E-state index contributed by atoms with van der Waals surface area (Å²) in [5.74, 6) is -1.01. The molecule has 0 radical (unpaired) electrons. The van der Waals surface area contributed by atoms with Gasteiger partial charge in [0, 0.05) is 81.8 Å². The molecule has 6 rings (SSSR count). The van der Waals surface area contributed by atoms with Gasteiger partial charge in [-0.05, 0) is 90.5 Å². The lowest BCUT2D eigenvalue weighted by Crippen LogP contribution is -2.29. The summed E-state index contributed by atoms with van der Waals surface area (Å²) >= 11 is 38.8. The molecule has 2 aromatic heterocycles. The first-order chi connectivity index (χ1) is 29.3. The molecule has 3 heterocycles. The van der Waals surface area contributed by atoms with Crippen LogP contribution >= 0.6 is 86.4 Å². The van der Waals surface area contributed by atoms with Gasteiger partial charge in [-0.3, -0.25) is 14.5 Å². The van der Waals surface area contributed by atoms with Crippen LogP contribution in [0.4, 0.5) is 0 Å². The zero-order valence-corrected chi connectivity index (χ0v) is 41.1. The van der Waals surface area contributed by atoms with Gasteiger partial charge in [0.05, 0.1) is 39.1 Å². The summed E-state index contributed by atoms with van der Waals surface area (Å²) in [5, 5.41) is 4.58. The van der Waals surface area contributed by atoms with E-state index in [0.29, 0.717) is 33.2 Å². The molecular formula is C42H47Cl5N3O7PS3. The van der Waals surface area contributed by atoms with E-state index in [9.17, 15) is 9.59 Å².